The van der Waals surface area contributed by atoms with Gasteiger partial charge in [-0.2, -0.15) is 12.6 Å². The van der Waals surface area contributed by atoms with Gasteiger partial charge < -0.3 is 0 Å². The number of hydrogen-bond acceptors (Lipinski definition) is 2. The zero-order valence-corrected chi connectivity index (χ0v) is 9.34. The quantitative estimate of drug-likeness (QED) is 0.729. The molecule has 0 saturated heterocycles. The van der Waals surface area contributed by atoms with Crippen LogP contribution in [0.15, 0.2) is 24.3 Å². The fourth-order valence-corrected chi connectivity index (χ4v) is 2.38. The van der Waals surface area contributed by atoms with E-state index in [1.807, 2.05) is 0 Å². The van der Waals surface area contributed by atoms with Crippen molar-refractivity contribution in [2.75, 3.05) is 18.8 Å². The summed E-state index contributed by atoms with van der Waals surface area (Å²) in [6, 6.07) is 8.81. The first kappa shape index (κ1) is 10.1. The smallest absolute Gasteiger partial charge is 0.0236 e. The Morgan fingerprint density at radius 2 is 2.00 bits per heavy atom. The molecule has 1 nitrogen and oxygen atoms in total. The summed E-state index contributed by atoms with van der Waals surface area (Å²) in [5.41, 5.74) is 3.04. The van der Waals surface area contributed by atoms with E-state index in [0.29, 0.717) is 0 Å². The van der Waals surface area contributed by atoms with Gasteiger partial charge in [0.15, 0.2) is 0 Å². The third-order valence-corrected chi connectivity index (χ3v) is 3.05. The lowest BCUT2D eigenvalue weighted by atomic mass is 10.0. The van der Waals surface area contributed by atoms with Crippen molar-refractivity contribution in [2.24, 2.45) is 0 Å². The van der Waals surface area contributed by atoms with Gasteiger partial charge in [-0.1, -0.05) is 24.3 Å². The molecule has 1 aromatic rings. The van der Waals surface area contributed by atoms with Crippen LogP contribution in [0.25, 0.3) is 0 Å². The second-order valence-corrected chi connectivity index (χ2v) is 4.32. The van der Waals surface area contributed by atoms with Crippen molar-refractivity contribution < 1.29 is 0 Å². The van der Waals surface area contributed by atoms with Crippen molar-refractivity contribution in [3.63, 3.8) is 0 Å². The van der Waals surface area contributed by atoms with Crippen LogP contribution in [0, 0.1) is 0 Å². The fourth-order valence-electron chi connectivity index (χ4n) is 2.10. The SMILES string of the molecule is SCCN1CCCc2ccccc2C1. The molecule has 1 aliphatic heterocycles. The third kappa shape index (κ3) is 2.31. The topological polar surface area (TPSA) is 3.24 Å². The average molecular weight is 207 g/mol. The lowest BCUT2D eigenvalue weighted by molar-refractivity contribution is 0.287. The van der Waals surface area contributed by atoms with Crippen LogP contribution in [-0.2, 0) is 13.0 Å². The number of nitrogens with zero attached hydrogens (tertiary/aromatic N) is 1. The normalized spacial score (nSPS) is 17.5. The van der Waals surface area contributed by atoms with E-state index in [4.69, 9.17) is 0 Å². The molecule has 0 radical (unpaired) electrons. The van der Waals surface area contributed by atoms with Crippen molar-refractivity contribution in [1.29, 1.82) is 0 Å². The summed E-state index contributed by atoms with van der Waals surface area (Å²) in [5.74, 6) is 0.960. The number of aryl methyl sites for hydroxylation is 1. The number of hydrogen-bond donors (Lipinski definition) is 1. The predicted molar refractivity (Wildman–Crippen MR) is 63.9 cm³/mol. The van der Waals surface area contributed by atoms with Crippen LogP contribution in [0.3, 0.4) is 0 Å². The highest BCUT2D eigenvalue weighted by molar-refractivity contribution is 7.80. The molecule has 1 aromatic carbocycles. The minimum atomic E-state index is 0.960. The minimum absolute atomic E-state index is 0.960. The standard InChI is InChI=1S/C12H17NS/c14-9-8-13-7-3-6-11-4-1-2-5-12(11)10-13/h1-2,4-5,14H,3,6-10H2. The van der Waals surface area contributed by atoms with E-state index in [1.165, 1.54) is 30.5 Å². The van der Waals surface area contributed by atoms with Crippen molar-refractivity contribution in [2.45, 2.75) is 19.4 Å². The molecule has 76 valence electrons. The molecular weight excluding hydrogens is 190 g/mol. The monoisotopic (exact) mass is 207 g/mol. The molecule has 0 bridgehead atoms. The van der Waals surface area contributed by atoms with Crippen LogP contribution in [0.4, 0.5) is 0 Å². The second-order valence-electron chi connectivity index (χ2n) is 3.87. The maximum atomic E-state index is 4.29. The Hall–Kier alpha value is -0.470. The van der Waals surface area contributed by atoms with Gasteiger partial charge in [0.25, 0.3) is 0 Å². The van der Waals surface area contributed by atoms with Crippen LogP contribution >= 0.6 is 12.6 Å². The lowest BCUT2D eigenvalue weighted by Gasteiger charge is -2.18. The van der Waals surface area contributed by atoms with Crippen LogP contribution < -0.4 is 0 Å². The van der Waals surface area contributed by atoms with Gasteiger partial charge in [-0.25, -0.2) is 0 Å². The number of fused-ring (bicyclic) bond motifs is 1. The summed E-state index contributed by atoms with van der Waals surface area (Å²) in [4.78, 5) is 2.50. The Morgan fingerprint density at radius 3 is 2.79 bits per heavy atom. The van der Waals surface area contributed by atoms with E-state index < -0.39 is 0 Å². The van der Waals surface area contributed by atoms with Crippen molar-refractivity contribution in [3.05, 3.63) is 35.4 Å². The molecule has 14 heavy (non-hydrogen) atoms. The predicted octanol–water partition coefficient (Wildman–Crippen LogP) is 2.36. The minimum Gasteiger partial charge on any atom is -0.298 e. The van der Waals surface area contributed by atoms with E-state index >= 15 is 0 Å². The maximum absolute atomic E-state index is 4.29. The summed E-state index contributed by atoms with van der Waals surface area (Å²) in [5, 5.41) is 0. The number of thiol groups is 1. The molecule has 0 amide bonds. The van der Waals surface area contributed by atoms with Crippen LogP contribution in [0.5, 0.6) is 0 Å². The molecule has 0 atom stereocenters. The molecule has 0 saturated carbocycles. The van der Waals surface area contributed by atoms with Crippen molar-refractivity contribution >= 4 is 12.6 Å². The summed E-state index contributed by atoms with van der Waals surface area (Å²) < 4.78 is 0. The van der Waals surface area contributed by atoms with Crippen molar-refractivity contribution in [1.82, 2.24) is 4.90 Å². The zero-order chi connectivity index (χ0) is 9.80. The molecule has 0 fully saturated rings. The summed E-state index contributed by atoms with van der Waals surface area (Å²) in [6.45, 7) is 3.43. The fraction of sp³-hybridized carbons (Fsp3) is 0.500. The second kappa shape index (κ2) is 4.85. The molecule has 0 spiro atoms. The van der Waals surface area contributed by atoms with Crippen LogP contribution in [0.2, 0.25) is 0 Å². The van der Waals surface area contributed by atoms with Gasteiger partial charge in [0.05, 0.1) is 0 Å². The molecule has 1 aliphatic rings. The first-order chi connectivity index (χ1) is 6.90. The molecule has 0 N–H and O–H groups in total. The van der Waals surface area contributed by atoms with Crippen LogP contribution in [-0.4, -0.2) is 23.7 Å². The lowest BCUT2D eigenvalue weighted by Crippen LogP contribution is -2.25. The summed E-state index contributed by atoms with van der Waals surface area (Å²) in [6.07, 6.45) is 2.52. The first-order valence-electron chi connectivity index (χ1n) is 5.30. The molecule has 0 aliphatic carbocycles. The highest BCUT2D eigenvalue weighted by Gasteiger charge is 2.12. The Kier molecular flexibility index (Phi) is 3.49. The van der Waals surface area contributed by atoms with Gasteiger partial charge >= 0.3 is 0 Å². The van der Waals surface area contributed by atoms with E-state index in [2.05, 4.69) is 41.8 Å². The van der Waals surface area contributed by atoms with Gasteiger partial charge in [0.2, 0.25) is 0 Å². The molecule has 0 unspecified atom stereocenters. The highest BCUT2D eigenvalue weighted by atomic mass is 32.1. The first-order valence-corrected chi connectivity index (χ1v) is 5.93. The summed E-state index contributed by atoms with van der Waals surface area (Å²) in [7, 11) is 0. The molecule has 0 aromatic heterocycles. The Labute approximate surface area is 91.5 Å². The number of benzene rings is 1. The maximum Gasteiger partial charge on any atom is 0.0236 e. The van der Waals surface area contributed by atoms with Crippen LogP contribution in [0.1, 0.15) is 17.5 Å². The van der Waals surface area contributed by atoms with E-state index in [0.717, 1.165) is 18.8 Å². The van der Waals surface area contributed by atoms with E-state index in [1.54, 1.807) is 0 Å². The Morgan fingerprint density at radius 1 is 1.21 bits per heavy atom. The van der Waals surface area contributed by atoms with Gasteiger partial charge in [0.1, 0.15) is 0 Å². The van der Waals surface area contributed by atoms with Gasteiger partial charge in [-0.3, -0.25) is 4.90 Å². The molecular formula is C12H17NS. The van der Waals surface area contributed by atoms with Gasteiger partial charge in [0, 0.05) is 18.8 Å². The highest BCUT2D eigenvalue weighted by Crippen LogP contribution is 2.17. The van der Waals surface area contributed by atoms with Gasteiger partial charge in [-0.05, 0) is 30.5 Å². The summed E-state index contributed by atoms with van der Waals surface area (Å²) >= 11 is 4.29. The molecule has 2 rings (SSSR count). The number of rotatable bonds is 2. The average Bonchev–Trinajstić information content (AvgIpc) is 2.40. The third-order valence-electron chi connectivity index (χ3n) is 2.85. The zero-order valence-electron chi connectivity index (χ0n) is 8.45. The largest absolute Gasteiger partial charge is 0.298 e. The van der Waals surface area contributed by atoms with E-state index in [9.17, 15) is 0 Å². The van der Waals surface area contributed by atoms with Crippen molar-refractivity contribution in [3.8, 4) is 0 Å². The van der Waals surface area contributed by atoms with E-state index in [-0.39, 0.29) is 0 Å². The Bertz CT molecular complexity index is 298. The molecule has 1 heterocycles. The Balaban J connectivity index is 2.14. The molecule has 2 heteroatoms. The van der Waals surface area contributed by atoms with Gasteiger partial charge in [-0.15, -0.1) is 0 Å².